The Bertz CT molecular complexity index is 253. The van der Waals surface area contributed by atoms with Crippen molar-refractivity contribution >= 4 is 12.4 Å². The Balaban J connectivity index is 0.00000121. The molecular formula is C8H13ClN2O. The van der Waals surface area contributed by atoms with Crippen molar-refractivity contribution in [2.75, 3.05) is 0 Å². The zero-order valence-electron chi connectivity index (χ0n) is 6.66. The SMILES string of the molecule is Cl.NCc1ccc(O)c(CN)c1. The number of benzene rings is 1. The molecule has 12 heavy (non-hydrogen) atoms. The number of hydrogen-bond donors (Lipinski definition) is 3. The van der Waals surface area contributed by atoms with E-state index in [-0.39, 0.29) is 18.2 Å². The lowest BCUT2D eigenvalue weighted by Gasteiger charge is -2.02. The molecule has 0 aliphatic rings. The molecule has 4 heteroatoms. The van der Waals surface area contributed by atoms with Gasteiger partial charge in [0.2, 0.25) is 0 Å². The summed E-state index contributed by atoms with van der Waals surface area (Å²) in [6.07, 6.45) is 0. The fraction of sp³-hybridized carbons (Fsp3) is 0.250. The van der Waals surface area contributed by atoms with Crippen molar-refractivity contribution in [1.82, 2.24) is 0 Å². The molecule has 0 saturated carbocycles. The molecule has 0 atom stereocenters. The highest BCUT2D eigenvalue weighted by atomic mass is 35.5. The molecule has 0 aliphatic carbocycles. The molecule has 1 rings (SSSR count). The molecule has 68 valence electrons. The molecule has 0 amide bonds. The van der Waals surface area contributed by atoms with Gasteiger partial charge in [-0.15, -0.1) is 12.4 Å². The lowest BCUT2D eigenvalue weighted by molar-refractivity contribution is 0.468. The van der Waals surface area contributed by atoms with Crippen LogP contribution in [0.4, 0.5) is 0 Å². The van der Waals surface area contributed by atoms with Gasteiger partial charge in [-0.25, -0.2) is 0 Å². The van der Waals surface area contributed by atoms with Gasteiger partial charge >= 0.3 is 0 Å². The van der Waals surface area contributed by atoms with Crippen LogP contribution in [0.5, 0.6) is 5.75 Å². The summed E-state index contributed by atoms with van der Waals surface area (Å²) in [5, 5.41) is 9.21. The number of rotatable bonds is 2. The van der Waals surface area contributed by atoms with Gasteiger partial charge in [0.25, 0.3) is 0 Å². The Hall–Kier alpha value is -0.770. The van der Waals surface area contributed by atoms with E-state index >= 15 is 0 Å². The zero-order chi connectivity index (χ0) is 8.27. The van der Waals surface area contributed by atoms with Crippen molar-refractivity contribution in [2.24, 2.45) is 11.5 Å². The van der Waals surface area contributed by atoms with Crippen LogP contribution in [0.3, 0.4) is 0 Å². The van der Waals surface area contributed by atoms with Crippen LogP contribution >= 0.6 is 12.4 Å². The monoisotopic (exact) mass is 188 g/mol. The molecule has 0 heterocycles. The molecule has 0 saturated heterocycles. The van der Waals surface area contributed by atoms with Gasteiger partial charge in [0.1, 0.15) is 5.75 Å². The van der Waals surface area contributed by atoms with E-state index in [2.05, 4.69) is 0 Å². The first-order chi connectivity index (χ1) is 5.27. The second-order valence-corrected chi connectivity index (χ2v) is 2.37. The second kappa shape index (κ2) is 4.98. The van der Waals surface area contributed by atoms with Crippen LogP contribution in [0.25, 0.3) is 0 Å². The summed E-state index contributed by atoms with van der Waals surface area (Å²) in [6.45, 7) is 0.826. The molecule has 3 nitrogen and oxygen atoms in total. The third-order valence-electron chi connectivity index (χ3n) is 1.60. The van der Waals surface area contributed by atoms with E-state index < -0.39 is 0 Å². The van der Waals surface area contributed by atoms with Crippen molar-refractivity contribution < 1.29 is 5.11 Å². The summed E-state index contributed by atoms with van der Waals surface area (Å²) in [5.41, 5.74) is 12.5. The van der Waals surface area contributed by atoms with Crippen molar-refractivity contribution in [3.8, 4) is 5.75 Å². The number of hydrogen-bond acceptors (Lipinski definition) is 3. The first kappa shape index (κ1) is 11.2. The number of phenolic OH excluding ortho intramolecular Hbond substituents is 1. The fourth-order valence-electron chi connectivity index (χ4n) is 0.929. The van der Waals surface area contributed by atoms with Crippen LogP contribution in [-0.4, -0.2) is 5.11 Å². The quantitative estimate of drug-likeness (QED) is 0.641. The van der Waals surface area contributed by atoms with Crippen molar-refractivity contribution in [3.63, 3.8) is 0 Å². The molecule has 0 aromatic heterocycles. The van der Waals surface area contributed by atoms with Gasteiger partial charge in [0, 0.05) is 18.7 Å². The molecule has 0 fully saturated rings. The molecule has 0 bridgehead atoms. The lowest BCUT2D eigenvalue weighted by atomic mass is 10.1. The fourth-order valence-corrected chi connectivity index (χ4v) is 0.929. The van der Waals surface area contributed by atoms with E-state index in [1.54, 1.807) is 12.1 Å². The van der Waals surface area contributed by atoms with Gasteiger partial charge in [-0.1, -0.05) is 6.07 Å². The van der Waals surface area contributed by atoms with Crippen LogP contribution in [0.2, 0.25) is 0 Å². The first-order valence-corrected chi connectivity index (χ1v) is 3.49. The molecular weight excluding hydrogens is 176 g/mol. The highest BCUT2D eigenvalue weighted by molar-refractivity contribution is 5.85. The van der Waals surface area contributed by atoms with E-state index in [0.717, 1.165) is 11.1 Å². The van der Waals surface area contributed by atoms with Gasteiger partial charge in [-0.05, 0) is 17.7 Å². The van der Waals surface area contributed by atoms with Crippen LogP contribution < -0.4 is 11.5 Å². The van der Waals surface area contributed by atoms with Gasteiger partial charge < -0.3 is 16.6 Å². The van der Waals surface area contributed by atoms with E-state index in [0.29, 0.717) is 13.1 Å². The van der Waals surface area contributed by atoms with Gasteiger partial charge in [-0.2, -0.15) is 0 Å². The van der Waals surface area contributed by atoms with Crippen molar-refractivity contribution in [1.29, 1.82) is 0 Å². The summed E-state index contributed by atoms with van der Waals surface area (Å²) in [7, 11) is 0. The highest BCUT2D eigenvalue weighted by Gasteiger charge is 1.98. The third kappa shape index (κ3) is 2.37. The summed E-state index contributed by atoms with van der Waals surface area (Å²) >= 11 is 0. The molecule has 0 radical (unpaired) electrons. The average molecular weight is 189 g/mol. The largest absolute Gasteiger partial charge is 0.508 e. The Kier molecular flexibility index (Phi) is 4.66. The minimum Gasteiger partial charge on any atom is -0.508 e. The molecule has 0 aliphatic heterocycles. The number of aromatic hydroxyl groups is 1. The highest BCUT2D eigenvalue weighted by Crippen LogP contribution is 2.17. The van der Waals surface area contributed by atoms with Crippen molar-refractivity contribution in [2.45, 2.75) is 13.1 Å². The topological polar surface area (TPSA) is 72.3 Å². The smallest absolute Gasteiger partial charge is 0.120 e. The van der Waals surface area contributed by atoms with Crippen LogP contribution in [0, 0.1) is 0 Å². The Labute approximate surface area is 77.8 Å². The van der Waals surface area contributed by atoms with Crippen LogP contribution in [0.15, 0.2) is 18.2 Å². The summed E-state index contributed by atoms with van der Waals surface area (Å²) in [6, 6.07) is 5.22. The normalized spacial score (nSPS) is 9.17. The average Bonchev–Trinajstić information content (AvgIpc) is 2.05. The molecule has 0 unspecified atom stereocenters. The first-order valence-electron chi connectivity index (χ1n) is 3.49. The van der Waals surface area contributed by atoms with Gasteiger partial charge in [0.15, 0.2) is 0 Å². The predicted octanol–water partition coefficient (Wildman–Crippen LogP) is 0.731. The summed E-state index contributed by atoms with van der Waals surface area (Å²) in [4.78, 5) is 0. The number of phenols is 1. The maximum absolute atomic E-state index is 9.21. The minimum atomic E-state index is 0. The van der Waals surface area contributed by atoms with Gasteiger partial charge in [0.05, 0.1) is 0 Å². The third-order valence-corrected chi connectivity index (χ3v) is 1.60. The molecule has 1 aromatic carbocycles. The Morgan fingerprint density at radius 2 is 1.83 bits per heavy atom. The Morgan fingerprint density at radius 1 is 1.17 bits per heavy atom. The maximum Gasteiger partial charge on any atom is 0.120 e. The van der Waals surface area contributed by atoms with Crippen LogP contribution in [-0.2, 0) is 13.1 Å². The van der Waals surface area contributed by atoms with Crippen LogP contribution in [0.1, 0.15) is 11.1 Å². The zero-order valence-corrected chi connectivity index (χ0v) is 7.47. The van der Waals surface area contributed by atoms with E-state index in [4.69, 9.17) is 11.5 Å². The predicted molar refractivity (Wildman–Crippen MR) is 51.1 cm³/mol. The molecule has 5 N–H and O–H groups in total. The maximum atomic E-state index is 9.21. The van der Waals surface area contributed by atoms with E-state index in [1.165, 1.54) is 0 Å². The lowest BCUT2D eigenvalue weighted by Crippen LogP contribution is -2.00. The van der Waals surface area contributed by atoms with Crippen molar-refractivity contribution in [3.05, 3.63) is 29.3 Å². The molecule has 1 aromatic rings. The van der Waals surface area contributed by atoms with E-state index in [9.17, 15) is 5.11 Å². The van der Waals surface area contributed by atoms with E-state index in [1.807, 2.05) is 6.07 Å². The minimum absolute atomic E-state index is 0. The molecule has 0 spiro atoms. The Morgan fingerprint density at radius 3 is 2.33 bits per heavy atom. The number of nitrogens with two attached hydrogens (primary N) is 2. The number of halogens is 1. The summed E-state index contributed by atoms with van der Waals surface area (Å²) < 4.78 is 0. The summed E-state index contributed by atoms with van der Waals surface area (Å²) in [5.74, 6) is 0.240. The standard InChI is InChI=1S/C8H12N2O.ClH/c9-4-6-1-2-8(11)7(3-6)5-10;/h1-3,11H,4-5,9-10H2;1H. The van der Waals surface area contributed by atoms with Gasteiger partial charge in [-0.3, -0.25) is 0 Å². The second-order valence-electron chi connectivity index (χ2n) is 2.37.